The smallest absolute Gasteiger partial charge is 0.156 e. The van der Waals surface area contributed by atoms with Crippen molar-refractivity contribution in [3.8, 4) is 23.7 Å². The van der Waals surface area contributed by atoms with Gasteiger partial charge in [0.15, 0.2) is 5.78 Å². The molecular formula is C15H18O. The van der Waals surface area contributed by atoms with E-state index in [0.717, 1.165) is 19.3 Å². The molecule has 84 valence electrons. The van der Waals surface area contributed by atoms with E-state index in [-0.39, 0.29) is 5.78 Å². The first-order chi connectivity index (χ1) is 7.81. The Balaban J connectivity index is 3.83. The first kappa shape index (κ1) is 14.3. The monoisotopic (exact) mass is 214 g/mol. The topological polar surface area (TPSA) is 17.1 Å². The van der Waals surface area contributed by atoms with E-state index in [1.807, 2.05) is 13.0 Å². The predicted molar refractivity (Wildman–Crippen MR) is 68.7 cm³/mol. The lowest BCUT2D eigenvalue weighted by Crippen LogP contribution is -1.91. The number of hydrogen-bond acceptors (Lipinski definition) is 1. The summed E-state index contributed by atoms with van der Waals surface area (Å²) in [6, 6.07) is 0. The van der Waals surface area contributed by atoms with Crippen LogP contribution in [0.1, 0.15) is 39.5 Å². The Morgan fingerprint density at radius 3 is 2.44 bits per heavy atom. The largest absolute Gasteiger partial charge is 0.295 e. The van der Waals surface area contributed by atoms with Crippen LogP contribution in [0.2, 0.25) is 0 Å². The average molecular weight is 214 g/mol. The second-order valence-electron chi connectivity index (χ2n) is 3.30. The number of unbranched alkanes of at least 4 members (excludes halogenated alkanes) is 2. The quantitative estimate of drug-likeness (QED) is 0.390. The summed E-state index contributed by atoms with van der Waals surface area (Å²) in [4.78, 5) is 11.3. The molecule has 0 saturated heterocycles. The highest BCUT2D eigenvalue weighted by atomic mass is 16.1. The molecule has 0 aliphatic rings. The van der Waals surface area contributed by atoms with Gasteiger partial charge in [-0.3, -0.25) is 4.79 Å². The molecule has 0 aromatic carbocycles. The molecule has 0 radical (unpaired) electrons. The molecule has 0 saturated carbocycles. The number of hydrogen-bond donors (Lipinski definition) is 0. The zero-order valence-corrected chi connectivity index (χ0v) is 10.0. The molecule has 16 heavy (non-hydrogen) atoms. The van der Waals surface area contributed by atoms with Gasteiger partial charge in [-0.1, -0.05) is 37.7 Å². The van der Waals surface area contributed by atoms with Crippen molar-refractivity contribution in [3.63, 3.8) is 0 Å². The van der Waals surface area contributed by atoms with E-state index in [9.17, 15) is 4.79 Å². The van der Waals surface area contributed by atoms with Crippen LogP contribution >= 0.6 is 0 Å². The molecule has 1 heteroatoms. The molecule has 0 aliphatic carbocycles. The summed E-state index contributed by atoms with van der Waals surface area (Å²) in [5.41, 5.74) is 0. The van der Waals surface area contributed by atoms with Crippen LogP contribution in [0.3, 0.4) is 0 Å². The van der Waals surface area contributed by atoms with E-state index < -0.39 is 0 Å². The molecule has 0 N–H and O–H groups in total. The molecule has 0 fully saturated rings. The van der Waals surface area contributed by atoms with Gasteiger partial charge < -0.3 is 0 Å². The summed E-state index contributed by atoms with van der Waals surface area (Å²) < 4.78 is 0. The highest BCUT2D eigenvalue weighted by molar-refractivity contribution is 5.90. The number of rotatable bonds is 5. The van der Waals surface area contributed by atoms with Crippen LogP contribution < -0.4 is 0 Å². The molecule has 1 nitrogen and oxygen atoms in total. The van der Waals surface area contributed by atoms with E-state index in [4.69, 9.17) is 0 Å². The van der Waals surface area contributed by atoms with Crippen LogP contribution in [0.25, 0.3) is 0 Å². The van der Waals surface area contributed by atoms with Crippen LogP contribution in [-0.4, -0.2) is 5.78 Å². The van der Waals surface area contributed by atoms with Gasteiger partial charge in [-0.2, -0.15) is 0 Å². The SMILES string of the molecule is CC=CC#CC#CC=CC(=O)CCCCC. The Morgan fingerprint density at radius 1 is 1.12 bits per heavy atom. The molecule has 0 atom stereocenters. The van der Waals surface area contributed by atoms with Crippen LogP contribution in [0, 0.1) is 23.7 Å². The molecular weight excluding hydrogens is 196 g/mol. The Morgan fingerprint density at radius 2 is 1.81 bits per heavy atom. The molecule has 0 bridgehead atoms. The Hall–Kier alpha value is -1.73. The molecule has 0 amide bonds. The van der Waals surface area contributed by atoms with E-state index in [1.54, 1.807) is 12.2 Å². The fraction of sp³-hybridized carbons (Fsp3) is 0.400. The standard InChI is InChI=1S/C15H18O/c1-3-5-7-8-9-10-12-14-15(16)13-11-6-4-2/h3,5,12,14H,4,6,11,13H2,1-2H3. The van der Waals surface area contributed by atoms with Gasteiger partial charge in [0.2, 0.25) is 0 Å². The highest BCUT2D eigenvalue weighted by Gasteiger charge is 1.94. The van der Waals surface area contributed by atoms with Gasteiger partial charge in [-0.15, -0.1) is 0 Å². The molecule has 0 aliphatic heterocycles. The fourth-order valence-corrected chi connectivity index (χ4v) is 1.01. The van der Waals surface area contributed by atoms with E-state index in [1.165, 1.54) is 6.08 Å². The van der Waals surface area contributed by atoms with Crippen LogP contribution in [-0.2, 0) is 4.79 Å². The first-order valence-electron chi connectivity index (χ1n) is 5.62. The molecule has 0 unspecified atom stereocenters. The van der Waals surface area contributed by atoms with Crippen LogP contribution in [0.5, 0.6) is 0 Å². The number of allylic oxidation sites excluding steroid dienone is 4. The minimum absolute atomic E-state index is 0.143. The van der Waals surface area contributed by atoms with E-state index in [0.29, 0.717) is 6.42 Å². The highest BCUT2D eigenvalue weighted by Crippen LogP contribution is 1.99. The van der Waals surface area contributed by atoms with Crippen molar-refractivity contribution in [1.82, 2.24) is 0 Å². The van der Waals surface area contributed by atoms with Crippen molar-refractivity contribution >= 4 is 5.78 Å². The third-order valence-electron chi connectivity index (χ3n) is 1.84. The van der Waals surface area contributed by atoms with Crippen molar-refractivity contribution < 1.29 is 4.79 Å². The molecule has 0 aromatic heterocycles. The van der Waals surface area contributed by atoms with Gasteiger partial charge in [0.25, 0.3) is 0 Å². The summed E-state index contributed by atoms with van der Waals surface area (Å²) in [5.74, 6) is 10.9. The van der Waals surface area contributed by atoms with Crippen molar-refractivity contribution in [3.05, 3.63) is 24.3 Å². The Kier molecular flexibility index (Phi) is 10.1. The second kappa shape index (κ2) is 11.3. The molecule has 0 heterocycles. The van der Waals surface area contributed by atoms with Crippen molar-refractivity contribution in [2.24, 2.45) is 0 Å². The lowest BCUT2D eigenvalue weighted by Gasteiger charge is -1.92. The summed E-state index contributed by atoms with van der Waals surface area (Å²) in [5, 5.41) is 0. The van der Waals surface area contributed by atoms with Gasteiger partial charge in [0.1, 0.15) is 0 Å². The van der Waals surface area contributed by atoms with Crippen molar-refractivity contribution in [2.45, 2.75) is 39.5 Å². The lowest BCUT2D eigenvalue weighted by molar-refractivity contribution is -0.114. The van der Waals surface area contributed by atoms with Crippen LogP contribution in [0.15, 0.2) is 24.3 Å². The third kappa shape index (κ3) is 10.4. The number of carbonyl (C=O) groups excluding carboxylic acids is 1. The molecule has 0 aromatic rings. The van der Waals surface area contributed by atoms with E-state index >= 15 is 0 Å². The van der Waals surface area contributed by atoms with E-state index in [2.05, 4.69) is 30.6 Å². The Labute approximate surface area is 98.6 Å². The average Bonchev–Trinajstić information content (AvgIpc) is 2.28. The maximum Gasteiger partial charge on any atom is 0.156 e. The molecule has 0 rings (SSSR count). The van der Waals surface area contributed by atoms with Gasteiger partial charge >= 0.3 is 0 Å². The maximum absolute atomic E-state index is 11.3. The zero-order valence-electron chi connectivity index (χ0n) is 10.0. The third-order valence-corrected chi connectivity index (χ3v) is 1.84. The van der Waals surface area contributed by atoms with Gasteiger partial charge in [-0.25, -0.2) is 0 Å². The predicted octanol–water partition coefficient (Wildman–Crippen LogP) is 3.27. The number of ketones is 1. The first-order valence-corrected chi connectivity index (χ1v) is 5.62. The summed E-state index contributed by atoms with van der Waals surface area (Å²) in [6.45, 7) is 4.02. The van der Waals surface area contributed by atoms with Crippen molar-refractivity contribution in [1.29, 1.82) is 0 Å². The van der Waals surface area contributed by atoms with Crippen molar-refractivity contribution in [2.75, 3.05) is 0 Å². The van der Waals surface area contributed by atoms with Gasteiger partial charge in [-0.05, 0) is 43.4 Å². The maximum atomic E-state index is 11.3. The Bertz CT molecular complexity index is 364. The van der Waals surface area contributed by atoms with Gasteiger partial charge in [0, 0.05) is 6.42 Å². The van der Waals surface area contributed by atoms with Crippen LogP contribution in [0.4, 0.5) is 0 Å². The van der Waals surface area contributed by atoms with Gasteiger partial charge in [0.05, 0.1) is 0 Å². The minimum Gasteiger partial charge on any atom is -0.295 e. The minimum atomic E-state index is 0.143. The summed E-state index contributed by atoms with van der Waals surface area (Å²) in [7, 11) is 0. The second-order valence-corrected chi connectivity index (χ2v) is 3.30. The summed E-state index contributed by atoms with van der Waals surface area (Å²) >= 11 is 0. The lowest BCUT2D eigenvalue weighted by atomic mass is 10.1. The zero-order chi connectivity index (χ0) is 12.1. The summed E-state index contributed by atoms with van der Waals surface area (Å²) in [6.07, 6.45) is 10.5. The fourth-order valence-electron chi connectivity index (χ4n) is 1.01. The normalized spacial score (nSPS) is 9.62. The molecule has 0 spiro atoms. The number of carbonyl (C=O) groups is 1.